The van der Waals surface area contributed by atoms with Crippen LogP contribution in [0.3, 0.4) is 0 Å². The van der Waals surface area contributed by atoms with Gasteiger partial charge in [-0.1, -0.05) is 5.16 Å². The summed E-state index contributed by atoms with van der Waals surface area (Å²) in [6.45, 7) is 0.0957. The molecule has 0 aliphatic carbocycles. The lowest BCUT2D eigenvalue weighted by Crippen LogP contribution is -1.81. The van der Waals surface area contributed by atoms with E-state index >= 15 is 0 Å². The Labute approximate surface area is 42.1 Å². The number of nitrogens with zero attached hydrogens (tertiary/aromatic N) is 1. The second-order valence-corrected chi connectivity index (χ2v) is 1.15. The van der Waals surface area contributed by atoms with Crippen molar-refractivity contribution >= 4 is 14.9 Å². The summed E-state index contributed by atoms with van der Waals surface area (Å²) in [7, 11) is -0.785. The molecule has 0 aromatic carbocycles. The zero-order chi connectivity index (χ0) is 5.54. The van der Waals surface area contributed by atoms with Gasteiger partial charge in [-0.3, -0.25) is 0 Å². The maximum Gasteiger partial charge on any atom is 0.494 e. The molecule has 0 aliphatic rings. The standard InChI is InChI=1S/C2H4NO3P/c4-3-1-2-6-7-5/h1,7H,2H2/p+1. The van der Waals surface area contributed by atoms with Crippen LogP contribution in [0.25, 0.3) is 0 Å². The third-order valence-corrected chi connectivity index (χ3v) is 0.583. The zero-order valence-corrected chi connectivity index (χ0v) is 4.50. The zero-order valence-electron chi connectivity index (χ0n) is 3.50. The number of rotatable bonds is 3. The van der Waals surface area contributed by atoms with Gasteiger partial charge >= 0.3 is 8.69 Å². The van der Waals surface area contributed by atoms with Gasteiger partial charge in [0.25, 0.3) is 0 Å². The SMILES string of the molecule is O=[PH+]OCC=NO. The van der Waals surface area contributed by atoms with Gasteiger partial charge in [-0.15, -0.1) is 4.52 Å². The summed E-state index contributed by atoms with van der Waals surface area (Å²) in [4.78, 5) is 0. The minimum atomic E-state index is -0.785. The Bertz CT molecular complexity index is 73.3. The van der Waals surface area contributed by atoms with E-state index in [-0.39, 0.29) is 6.61 Å². The molecule has 0 radical (unpaired) electrons. The number of hydrogen-bond donors (Lipinski definition) is 1. The third kappa shape index (κ3) is 5.53. The fourth-order valence-corrected chi connectivity index (χ4v) is 0.247. The smallest absolute Gasteiger partial charge is 0.411 e. The molecule has 0 saturated carbocycles. The summed E-state index contributed by atoms with van der Waals surface area (Å²) in [5, 5.41) is 10.3. The molecule has 0 heterocycles. The highest BCUT2D eigenvalue weighted by Crippen LogP contribution is 1.89. The van der Waals surface area contributed by atoms with Crippen molar-refractivity contribution in [3.63, 3.8) is 0 Å². The van der Waals surface area contributed by atoms with Gasteiger partial charge in [0.1, 0.15) is 6.61 Å². The van der Waals surface area contributed by atoms with E-state index in [1.54, 1.807) is 0 Å². The van der Waals surface area contributed by atoms with Crippen LogP contribution >= 0.6 is 8.69 Å². The maximum atomic E-state index is 9.47. The Kier molecular flexibility index (Phi) is 5.16. The van der Waals surface area contributed by atoms with Crippen molar-refractivity contribution in [2.45, 2.75) is 0 Å². The molecule has 1 N–H and O–H groups in total. The number of oxime groups is 1. The highest BCUT2D eigenvalue weighted by Gasteiger charge is 1.83. The van der Waals surface area contributed by atoms with Crippen LogP contribution in [-0.4, -0.2) is 18.0 Å². The molecule has 0 aliphatic heterocycles. The van der Waals surface area contributed by atoms with E-state index in [2.05, 4.69) is 9.68 Å². The molecule has 7 heavy (non-hydrogen) atoms. The summed E-state index contributed by atoms with van der Waals surface area (Å²) in [5.74, 6) is 0. The Morgan fingerprint density at radius 1 is 2.00 bits per heavy atom. The third-order valence-electron chi connectivity index (χ3n) is 0.298. The second-order valence-electron chi connectivity index (χ2n) is 0.692. The monoisotopic (exact) mass is 122 g/mol. The van der Waals surface area contributed by atoms with E-state index in [1.165, 1.54) is 0 Å². The molecule has 0 rings (SSSR count). The first-order valence-electron chi connectivity index (χ1n) is 1.56. The van der Waals surface area contributed by atoms with Gasteiger partial charge in [-0.2, -0.15) is 0 Å². The maximum absolute atomic E-state index is 9.47. The molecule has 40 valence electrons. The molecule has 0 aromatic heterocycles. The predicted octanol–water partition coefficient (Wildman–Crippen LogP) is 0.402. The van der Waals surface area contributed by atoms with Crippen LogP contribution < -0.4 is 0 Å². The van der Waals surface area contributed by atoms with Crippen LogP contribution in [0, 0.1) is 0 Å². The first kappa shape index (κ1) is 6.53. The summed E-state index contributed by atoms with van der Waals surface area (Å²) in [6, 6.07) is 0. The highest BCUT2D eigenvalue weighted by atomic mass is 31.1. The van der Waals surface area contributed by atoms with Crippen LogP contribution in [0.15, 0.2) is 5.16 Å². The number of hydrogen-bond acceptors (Lipinski definition) is 4. The predicted molar refractivity (Wildman–Crippen MR) is 25.2 cm³/mol. The van der Waals surface area contributed by atoms with E-state index in [0.717, 1.165) is 6.21 Å². The molecule has 0 amide bonds. The summed E-state index contributed by atoms with van der Waals surface area (Å²) >= 11 is 0. The molecule has 0 fully saturated rings. The Hall–Kier alpha value is -0.470. The molecule has 4 nitrogen and oxygen atoms in total. The van der Waals surface area contributed by atoms with E-state index in [4.69, 9.17) is 5.21 Å². The average Bonchev–Trinajstić information content (AvgIpc) is 1.69. The molecule has 0 saturated heterocycles. The molecule has 0 bridgehead atoms. The normalized spacial score (nSPS) is 10.9. The Balaban J connectivity index is 2.82. The fraction of sp³-hybridized carbons (Fsp3) is 0.500. The second kappa shape index (κ2) is 5.53. The molecule has 1 atom stereocenters. The lowest BCUT2D eigenvalue weighted by molar-refractivity contribution is 0.315. The molecule has 0 spiro atoms. The average molecular weight is 122 g/mol. The molecule has 5 heteroatoms. The van der Waals surface area contributed by atoms with Crippen LogP contribution in [-0.2, 0) is 9.09 Å². The van der Waals surface area contributed by atoms with Gasteiger partial charge in [0, 0.05) is 0 Å². The molecular weight excluding hydrogens is 117 g/mol. The lowest BCUT2D eigenvalue weighted by Gasteiger charge is -1.70. The first-order chi connectivity index (χ1) is 3.41. The molecular formula is C2H5NO3P+. The van der Waals surface area contributed by atoms with Crippen LogP contribution in [0.5, 0.6) is 0 Å². The van der Waals surface area contributed by atoms with Crippen LogP contribution in [0.4, 0.5) is 0 Å². The van der Waals surface area contributed by atoms with Gasteiger partial charge in [0.15, 0.2) is 0 Å². The molecule has 0 aromatic rings. The van der Waals surface area contributed by atoms with Crippen molar-refractivity contribution in [2.75, 3.05) is 6.61 Å². The largest absolute Gasteiger partial charge is 0.494 e. The fourth-order valence-electron chi connectivity index (χ4n) is 0.105. The van der Waals surface area contributed by atoms with Gasteiger partial charge in [-0.05, 0) is 4.57 Å². The van der Waals surface area contributed by atoms with Crippen molar-refractivity contribution in [1.82, 2.24) is 0 Å². The van der Waals surface area contributed by atoms with Gasteiger partial charge in [0.2, 0.25) is 0 Å². The first-order valence-corrected chi connectivity index (χ1v) is 2.38. The summed E-state index contributed by atoms with van der Waals surface area (Å²) in [6.07, 6.45) is 1.10. The Morgan fingerprint density at radius 2 is 2.71 bits per heavy atom. The van der Waals surface area contributed by atoms with E-state index < -0.39 is 8.69 Å². The van der Waals surface area contributed by atoms with E-state index in [9.17, 15) is 4.57 Å². The topological polar surface area (TPSA) is 58.9 Å². The highest BCUT2D eigenvalue weighted by molar-refractivity contribution is 7.17. The van der Waals surface area contributed by atoms with Crippen molar-refractivity contribution in [2.24, 2.45) is 5.16 Å². The van der Waals surface area contributed by atoms with Crippen LogP contribution in [0.2, 0.25) is 0 Å². The van der Waals surface area contributed by atoms with Crippen molar-refractivity contribution in [3.05, 3.63) is 0 Å². The van der Waals surface area contributed by atoms with Gasteiger partial charge in [0.05, 0.1) is 6.21 Å². The summed E-state index contributed by atoms with van der Waals surface area (Å²) in [5.41, 5.74) is 0. The minimum absolute atomic E-state index is 0.0957. The van der Waals surface area contributed by atoms with Gasteiger partial charge < -0.3 is 5.21 Å². The van der Waals surface area contributed by atoms with Crippen molar-refractivity contribution in [1.29, 1.82) is 0 Å². The quantitative estimate of drug-likeness (QED) is 0.194. The summed E-state index contributed by atoms with van der Waals surface area (Å²) < 4.78 is 13.7. The van der Waals surface area contributed by atoms with Crippen LogP contribution in [0.1, 0.15) is 0 Å². The molecule has 1 unspecified atom stereocenters. The minimum Gasteiger partial charge on any atom is -0.411 e. The van der Waals surface area contributed by atoms with Crippen molar-refractivity contribution in [3.8, 4) is 0 Å². The van der Waals surface area contributed by atoms with Gasteiger partial charge in [-0.25, -0.2) is 0 Å². The van der Waals surface area contributed by atoms with Crippen molar-refractivity contribution < 1.29 is 14.3 Å². The lowest BCUT2D eigenvalue weighted by atomic mass is 10.8. The van der Waals surface area contributed by atoms with E-state index in [0.29, 0.717) is 0 Å². The Morgan fingerprint density at radius 3 is 3.14 bits per heavy atom. The van der Waals surface area contributed by atoms with E-state index in [1.807, 2.05) is 0 Å².